The van der Waals surface area contributed by atoms with Gasteiger partial charge in [0.1, 0.15) is 23.6 Å². The van der Waals surface area contributed by atoms with Crippen molar-refractivity contribution in [2.75, 3.05) is 29.9 Å². The molecule has 0 saturated carbocycles. The maximum absolute atomic E-state index is 6.55. The van der Waals surface area contributed by atoms with Gasteiger partial charge in [0.2, 0.25) is 0 Å². The number of hydrogen-bond acceptors (Lipinski definition) is 7. The number of aromatic amines is 1. The van der Waals surface area contributed by atoms with Crippen LogP contribution in [0, 0.1) is 6.92 Å². The molecule has 1 atom stereocenters. The molecule has 4 rings (SSSR count). The first kappa shape index (κ1) is 15.2. The van der Waals surface area contributed by atoms with Gasteiger partial charge in [0.25, 0.3) is 0 Å². The Kier molecular flexibility index (Phi) is 3.58. The molecule has 24 heavy (non-hydrogen) atoms. The Balaban J connectivity index is 1.51. The molecule has 0 amide bonds. The molecule has 1 fully saturated rings. The molecule has 126 valence electrons. The maximum atomic E-state index is 6.55. The third kappa shape index (κ3) is 2.67. The first-order valence-corrected chi connectivity index (χ1v) is 8.10. The summed E-state index contributed by atoms with van der Waals surface area (Å²) in [6.07, 6.45) is 4.10. The van der Waals surface area contributed by atoms with E-state index in [0.717, 1.165) is 35.6 Å². The molecule has 1 aliphatic heterocycles. The van der Waals surface area contributed by atoms with Gasteiger partial charge >= 0.3 is 0 Å². The Bertz CT molecular complexity index is 876. The quantitative estimate of drug-likeness (QED) is 0.661. The molecule has 0 spiro atoms. The summed E-state index contributed by atoms with van der Waals surface area (Å²) >= 11 is 6.27. The second-order valence-electron chi connectivity index (χ2n) is 6.27. The van der Waals surface area contributed by atoms with Crippen LogP contribution in [0.25, 0.3) is 11.0 Å². The van der Waals surface area contributed by atoms with Crippen LogP contribution in [-0.4, -0.2) is 45.3 Å². The Labute approximate surface area is 143 Å². The van der Waals surface area contributed by atoms with Crippen molar-refractivity contribution < 1.29 is 4.52 Å². The molecule has 3 aromatic heterocycles. The summed E-state index contributed by atoms with van der Waals surface area (Å²) in [4.78, 5) is 13.8. The molecule has 0 unspecified atom stereocenters. The minimum absolute atomic E-state index is 0.382. The fraction of sp³-hybridized carbons (Fsp3) is 0.400. The highest BCUT2D eigenvalue weighted by Crippen LogP contribution is 2.33. The highest BCUT2D eigenvalue weighted by atomic mass is 35.5. The van der Waals surface area contributed by atoms with Gasteiger partial charge in [-0.05, 0) is 13.3 Å². The number of anilines is 2. The molecule has 0 radical (unpaired) electrons. The van der Waals surface area contributed by atoms with E-state index >= 15 is 0 Å². The van der Waals surface area contributed by atoms with Crippen LogP contribution < -0.4 is 16.0 Å². The molecule has 0 bridgehead atoms. The van der Waals surface area contributed by atoms with Gasteiger partial charge in [-0.25, -0.2) is 9.97 Å². The zero-order chi connectivity index (χ0) is 16.7. The highest BCUT2D eigenvalue weighted by Gasteiger charge is 2.36. The molecule has 1 saturated heterocycles. The second kappa shape index (κ2) is 5.64. The Morgan fingerprint density at radius 2 is 2.38 bits per heavy atom. The zero-order valence-corrected chi connectivity index (χ0v) is 14.0. The minimum atomic E-state index is -0.382. The molecule has 9 heteroatoms. The van der Waals surface area contributed by atoms with Crippen molar-refractivity contribution in [3.05, 3.63) is 29.4 Å². The van der Waals surface area contributed by atoms with Gasteiger partial charge in [-0.2, -0.15) is 0 Å². The van der Waals surface area contributed by atoms with E-state index in [4.69, 9.17) is 21.9 Å². The highest BCUT2D eigenvalue weighted by molar-refractivity contribution is 6.36. The van der Waals surface area contributed by atoms with Crippen LogP contribution in [0.3, 0.4) is 0 Å². The van der Waals surface area contributed by atoms with Gasteiger partial charge in [0, 0.05) is 31.9 Å². The van der Waals surface area contributed by atoms with Crippen molar-refractivity contribution in [3.63, 3.8) is 0 Å². The molecule has 4 heterocycles. The van der Waals surface area contributed by atoms with Crippen molar-refractivity contribution in [2.24, 2.45) is 5.73 Å². The lowest BCUT2D eigenvalue weighted by Crippen LogP contribution is -2.48. The van der Waals surface area contributed by atoms with Crippen LogP contribution in [0.2, 0.25) is 5.02 Å². The van der Waals surface area contributed by atoms with E-state index in [0.29, 0.717) is 23.9 Å². The lowest BCUT2D eigenvalue weighted by Gasteiger charge is -2.25. The molecule has 0 aromatic carbocycles. The topological polar surface area (TPSA) is 109 Å². The molecule has 1 aliphatic rings. The van der Waals surface area contributed by atoms with Gasteiger partial charge in [0.05, 0.1) is 15.9 Å². The third-order valence-electron chi connectivity index (χ3n) is 4.34. The summed E-state index contributed by atoms with van der Waals surface area (Å²) < 4.78 is 5.06. The number of aromatic nitrogens is 4. The van der Waals surface area contributed by atoms with E-state index < -0.39 is 0 Å². The van der Waals surface area contributed by atoms with Crippen molar-refractivity contribution in [2.45, 2.75) is 18.9 Å². The van der Waals surface area contributed by atoms with Crippen LogP contribution in [0.15, 0.2) is 23.1 Å². The van der Waals surface area contributed by atoms with E-state index in [9.17, 15) is 0 Å². The first-order valence-electron chi connectivity index (χ1n) is 7.73. The van der Waals surface area contributed by atoms with E-state index in [1.807, 2.05) is 13.0 Å². The SMILES string of the molecule is Cc1cc(NC[C@@]2(N)CCN(c3ncnc4[nH]cc(Cl)c34)C2)no1. The largest absolute Gasteiger partial charge is 0.365 e. The van der Waals surface area contributed by atoms with E-state index in [1.54, 1.807) is 6.20 Å². The minimum Gasteiger partial charge on any atom is -0.365 e. The number of halogens is 1. The zero-order valence-electron chi connectivity index (χ0n) is 13.2. The summed E-state index contributed by atoms with van der Waals surface area (Å²) in [7, 11) is 0. The molecule has 4 N–H and O–H groups in total. The second-order valence-corrected chi connectivity index (χ2v) is 6.67. The number of hydrogen-bond donors (Lipinski definition) is 3. The summed E-state index contributed by atoms with van der Waals surface area (Å²) in [6.45, 7) is 3.94. The van der Waals surface area contributed by atoms with Gasteiger partial charge in [-0.3, -0.25) is 0 Å². The van der Waals surface area contributed by atoms with Gasteiger partial charge in [-0.15, -0.1) is 0 Å². The first-order chi connectivity index (χ1) is 11.5. The van der Waals surface area contributed by atoms with Crippen molar-refractivity contribution >= 4 is 34.3 Å². The van der Waals surface area contributed by atoms with E-state index in [1.165, 1.54) is 6.33 Å². The van der Waals surface area contributed by atoms with Crippen LogP contribution in [-0.2, 0) is 0 Å². The smallest absolute Gasteiger partial charge is 0.169 e. The van der Waals surface area contributed by atoms with Crippen molar-refractivity contribution in [3.8, 4) is 0 Å². The van der Waals surface area contributed by atoms with Gasteiger partial charge in [-0.1, -0.05) is 16.8 Å². The van der Waals surface area contributed by atoms with Crippen LogP contribution in [0.1, 0.15) is 12.2 Å². The summed E-state index contributed by atoms with van der Waals surface area (Å²) in [5.74, 6) is 2.28. The lowest BCUT2D eigenvalue weighted by atomic mass is 10.0. The van der Waals surface area contributed by atoms with Crippen LogP contribution in [0.4, 0.5) is 11.6 Å². The fourth-order valence-corrected chi connectivity index (χ4v) is 3.32. The summed E-state index contributed by atoms with van der Waals surface area (Å²) in [5, 5.41) is 8.63. The Morgan fingerprint density at radius 1 is 1.50 bits per heavy atom. The summed E-state index contributed by atoms with van der Waals surface area (Å²) in [6, 6.07) is 1.85. The monoisotopic (exact) mass is 347 g/mol. The predicted molar refractivity (Wildman–Crippen MR) is 92.4 cm³/mol. The number of fused-ring (bicyclic) bond motifs is 1. The maximum Gasteiger partial charge on any atom is 0.169 e. The number of rotatable bonds is 4. The number of nitrogens with zero attached hydrogens (tertiary/aromatic N) is 4. The summed E-state index contributed by atoms with van der Waals surface area (Å²) in [5.41, 5.74) is 6.90. The Hall–Kier alpha value is -2.32. The van der Waals surface area contributed by atoms with Gasteiger partial charge in [0.15, 0.2) is 5.82 Å². The van der Waals surface area contributed by atoms with Crippen molar-refractivity contribution in [1.82, 2.24) is 20.1 Å². The van der Waals surface area contributed by atoms with Crippen molar-refractivity contribution in [1.29, 1.82) is 0 Å². The average molecular weight is 348 g/mol. The normalized spacial score (nSPS) is 20.9. The molecular weight excluding hydrogens is 330 g/mol. The van der Waals surface area contributed by atoms with Crippen LogP contribution >= 0.6 is 11.6 Å². The number of H-pyrrole nitrogens is 1. The van der Waals surface area contributed by atoms with Gasteiger partial charge < -0.3 is 25.5 Å². The predicted octanol–water partition coefficient (Wildman–Crippen LogP) is 1.93. The molecule has 8 nitrogen and oxygen atoms in total. The third-order valence-corrected chi connectivity index (χ3v) is 4.63. The van der Waals surface area contributed by atoms with E-state index in [2.05, 4.69) is 30.3 Å². The molecular formula is C15H18ClN7O. The standard InChI is InChI=1S/C15H18ClN7O/c1-9-4-11(22-24-9)19-6-15(17)2-3-23(7-15)14-12-10(16)5-18-13(12)20-8-21-14/h4-5,8H,2-3,6-7,17H2,1H3,(H,19,22)(H,18,20,21)/t15-/m0/s1. The number of aryl methyl sites for hydroxylation is 1. The Morgan fingerprint density at radius 3 is 3.17 bits per heavy atom. The average Bonchev–Trinajstić information content (AvgIpc) is 3.26. The van der Waals surface area contributed by atoms with E-state index in [-0.39, 0.29) is 5.54 Å². The van der Waals surface area contributed by atoms with Crippen LogP contribution in [0.5, 0.6) is 0 Å². The lowest BCUT2D eigenvalue weighted by molar-refractivity contribution is 0.398. The molecule has 0 aliphatic carbocycles. The number of nitrogens with one attached hydrogen (secondary N) is 2. The number of nitrogens with two attached hydrogens (primary N) is 1. The fourth-order valence-electron chi connectivity index (χ4n) is 3.09. The molecule has 3 aromatic rings.